The van der Waals surface area contributed by atoms with Crippen molar-refractivity contribution in [3.63, 3.8) is 0 Å². The summed E-state index contributed by atoms with van der Waals surface area (Å²) in [6.45, 7) is 3.89. The maximum absolute atomic E-state index is 12.3. The van der Waals surface area contributed by atoms with Crippen LogP contribution in [0.4, 0.5) is 0 Å². The topological polar surface area (TPSA) is 38.7 Å². The van der Waals surface area contributed by atoms with Crippen molar-refractivity contribution in [2.75, 3.05) is 7.11 Å². The van der Waals surface area contributed by atoms with E-state index in [4.69, 9.17) is 4.74 Å². The molecule has 0 fully saturated rings. The quantitative estimate of drug-likeness (QED) is 0.777. The number of aliphatic imine (C=N–C) groups is 1. The summed E-state index contributed by atoms with van der Waals surface area (Å²) in [4.78, 5) is 16.7. The number of esters is 1. The molecule has 0 aromatic heterocycles. The van der Waals surface area contributed by atoms with Crippen molar-refractivity contribution in [1.82, 2.24) is 0 Å². The third-order valence-electron chi connectivity index (χ3n) is 4.20. The van der Waals surface area contributed by atoms with Crippen molar-refractivity contribution in [1.29, 1.82) is 0 Å². The van der Waals surface area contributed by atoms with Crippen LogP contribution in [-0.4, -0.2) is 18.8 Å². The monoisotopic (exact) mass is 293 g/mol. The van der Waals surface area contributed by atoms with Gasteiger partial charge < -0.3 is 4.74 Å². The van der Waals surface area contributed by atoms with Gasteiger partial charge in [0.25, 0.3) is 0 Å². The molecule has 1 unspecified atom stereocenters. The largest absolute Gasteiger partial charge is 0.466 e. The molecule has 0 radical (unpaired) electrons. The predicted molar refractivity (Wildman–Crippen MR) is 89.1 cm³/mol. The van der Waals surface area contributed by atoms with Crippen LogP contribution in [-0.2, 0) is 9.53 Å². The molecule has 2 aromatic carbocycles. The SMILES string of the molecule is COC(=O)C1=C(C)N=C(C)CC1c1cccc2ccccc12. The lowest BCUT2D eigenvalue weighted by molar-refractivity contribution is -0.136. The minimum atomic E-state index is -0.285. The fourth-order valence-corrected chi connectivity index (χ4v) is 3.26. The number of hydrogen-bond donors (Lipinski definition) is 0. The highest BCUT2D eigenvalue weighted by molar-refractivity contribution is 5.98. The Labute approximate surface area is 130 Å². The highest BCUT2D eigenvalue weighted by Crippen LogP contribution is 2.38. The molecule has 2 aromatic rings. The lowest BCUT2D eigenvalue weighted by atomic mass is 9.82. The van der Waals surface area contributed by atoms with Crippen LogP contribution in [0.3, 0.4) is 0 Å². The molecule has 22 heavy (non-hydrogen) atoms. The van der Waals surface area contributed by atoms with Crippen molar-refractivity contribution in [2.45, 2.75) is 26.2 Å². The third kappa shape index (κ3) is 2.43. The van der Waals surface area contributed by atoms with E-state index in [-0.39, 0.29) is 11.9 Å². The third-order valence-corrected chi connectivity index (χ3v) is 4.20. The molecule has 3 heteroatoms. The maximum Gasteiger partial charge on any atom is 0.336 e. The molecule has 1 atom stereocenters. The van der Waals surface area contributed by atoms with Gasteiger partial charge in [-0.25, -0.2) is 4.79 Å². The van der Waals surface area contributed by atoms with Gasteiger partial charge in [0.2, 0.25) is 0 Å². The average molecular weight is 293 g/mol. The standard InChI is InChI=1S/C19H19NO2/c1-12-11-17(18(13(2)20-12)19(21)22-3)16-10-6-8-14-7-4-5-9-15(14)16/h4-10,17H,11H2,1-3H3. The molecule has 112 valence electrons. The molecule has 3 rings (SSSR count). The Morgan fingerprint density at radius 2 is 1.86 bits per heavy atom. The number of allylic oxidation sites excluding steroid dienone is 1. The van der Waals surface area contributed by atoms with Crippen LogP contribution >= 0.6 is 0 Å². The number of hydrogen-bond acceptors (Lipinski definition) is 3. The molecule has 0 spiro atoms. The molecule has 1 aliphatic rings. The molecular weight excluding hydrogens is 274 g/mol. The molecule has 3 nitrogen and oxygen atoms in total. The number of methoxy groups -OCH3 is 1. The van der Waals surface area contributed by atoms with Crippen LogP contribution in [0.1, 0.15) is 31.7 Å². The van der Waals surface area contributed by atoms with Crippen molar-refractivity contribution in [3.8, 4) is 0 Å². The second kappa shape index (κ2) is 5.76. The Hall–Kier alpha value is -2.42. The summed E-state index contributed by atoms with van der Waals surface area (Å²) < 4.78 is 4.99. The lowest BCUT2D eigenvalue weighted by Crippen LogP contribution is -2.21. The van der Waals surface area contributed by atoms with E-state index in [0.717, 1.165) is 23.4 Å². The second-order valence-electron chi connectivity index (χ2n) is 5.66. The summed E-state index contributed by atoms with van der Waals surface area (Å²) in [6, 6.07) is 14.5. The number of ether oxygens (including phenoxy) is 1. The van der Waals surface area contributed by atoms with E-state index in [1.807, 2.05) is 32.0 Å². The van der Waals surface area contributed by atoms with Crippen LogP contribution in [0.25, 0.3) is 10.8 Å². The van der Waals surface area contributed by atoms with Crippen LogP contribution in [0.5, 0.6) is 0 Å². The van der Waals surface area contributed by atoms with Crippen LogP contribution in [0.15, 0.2) is 58.7 Å². The van der Waals surface area contributed by atoms with E-state index in [0.29, 0.717) is 5.57 Å². The Morgan fingerprint density at radius 1 is 1.14 bits per heavy atom. The maximum atomic E-state index is 12.3. The van der Waals surface area contributed by atoms with Crippen molar-refractivity contribution >= 4 is 22.5 Å². The Kier molecular flexibility index (Phi) is 3.80. The lowest BCUT2D eigenvalue weighted by Gasteiger charge is -2.25. The molecule has 0 saturated heterocycles. The fraction of sp³-hybridized carbons (Fsp3) is 0.263. The van der Waals surface area contributed by atoms with Gasteiger partial charge in [0, 0.05) is 17.3 Å². The second-order valence-corrected chi connectivity index (χ2v) is 5.66. The van der Waals surface area contributed by atoms with Crippen LogP contribution in [0.2, 0.25) is 0 Å². The Morgan fingerprint density at radius 3 is 2.64 bits per heavy atom. The summed E-state index contributed by atoms with van der Waals surface area (Å²) in [5.41, 5.74) is 3.63. The first-order valence-corrected chi connectivity index (χ1v) is 7.42. The van der Waals surface area contributed by atoms with E-state index in [2.05, 4.69) is 29.3 Å². The van der Waals surface area contributed by atoms with Gasteiger partial charge in [-0.05, 0) is 36.6 Å². The Bertz CT molecular complexity index is 797. The highest BCUT2D eigenvalue weighted by atomic mass is 16.5. The number of carbonyl (C=O) groups is 1. The fourth-order valence-electron chi connectivity index (χ4n) is 3.26. The summed E-state index contributed by atoms with van der Waals surface area (Å²) >= 11 is 0. The zero-order valence-corrected chi connectivity index (χ0v) is 13.1. The smallest absolute Gasteiger partial charge is 0.336 e. The van der Waals surface area contributed by atoms with E-state index in [9.17, 15) is 4.79 Å². The van der Waals surface area contributed by atoms with Gasteiger partial charge in [-0.1, -0.05) is 42.5 Å². The number of fused-ring (bicyclic) bond motifs is 1. The Balaban J connectivity index is 2.20. The van der Waals surface area contributed by atoms with Gasteiger partial charge in [0.1, 0.15) is 0 Å². The number of rotatable bonds is 2. The van der Waals surface area contributed by atoms with E-state index in [1.165, 1.54) is 17.9 Å². The van der Waals surface area contributed by atoms with E-state index >= 15 is 0 Å². The van der Waals surface area contributed by atoms with Gasteiger partial charge in [-0.2, -0.15) is 0 Å². The predicted octanol–water partition coefficient (Wildman–Crippen LogP) is 4.24. The normalized spacial score (nSPS) is 18.3. The molecule has 0 aliphatic carbocycles. The minimum absolute atomic E-state index is 0.00366. The zero-order valence-electron chi connectivity index (χ0n) is 13.1. The van der Waals surface area contributed by atoms with E-state index < -0.39 is 0 Å². The molecule has 0 saturated carbocycles. The molecule has 1 aliphatic heterocycles. The molecule has 1 heterocycles. The number of benzene rings is 2. The highest BCUT2D eigenvalue weighted by Gasteiger charge is 2.30. The first kappa shape index (κ1) is 14.5. The number of carbonyl (C=O) groups excluding carboxylic acids is 1. The van der Waals surface area contributed by atoms with Crippen LogP contribution in [0, 0.1) is 0 Å². The first-order chi connectivity index (χ1) is 10.6. The average Bonchev–Trinajstić information content (AvgIpc) is 2.53. The zero-order chi connectivity index (χ0) is 15.7. The van der Waals surface area contributed by atoms with Gasteiger partial charge in [0.05, 0.1) is 12.7 Å². The van der Waals surface area contributed by atoms with Crippen molar-refractivity contribution < 1.29 is 9.53 Å². The molecule has 0 N–H and O–H groups in total. The van der Waals surface area contributed by atoms with E-state index in [1.54, 1.807) is 0 Å². The van der Waals surface area contributed by atoms with Gasteiger partial charge in [-0.15, -0.1) is 0 Å². The van der Waals surface area contributed by atoms with Gasteiger partial charge in [-0.3, -0.25) is 4.99 Å². The van der Waals surface area contributed by atoms with Crippen LogP contribution < -0.4 is 0 Å². The summed E-state index contributed by atoms with van der Waals surface area (Å²) in [6.07, 6.45) is 0.746. The summed E-state index contributed by atoms with van der Waals surface area (Å²) in [5, 5.41) is 2.36. The van der Waals surface area contributed by atoms with Gasteiger partial charge >= 0.3 is 5.97 Å². The summed E-state index contributed by atoms with van der Waals surface area (Å²) in [5.74, 6) is -0.289. The van der Waals surface area contributed by atoms with Crippen molar-refractivity contribution in [2.24, 2.45) is 4.99 Å². The summed E-state index contributed by atoms with van der Waals surface area (Å²) in [7, 11) is 1.42. The number of nitrogens with zero attached hydrogens (tertiary/aromatic N) is 1. The minimum Gasteiger partial charge on any atom is -0.466 e. The molecular formula is C19H19NO2. The molecule has 0 bridgehead atoms. The molecule has 0 amide bonds. The first-order valence-electron chi connectivity index (χ1n) is 7.42. The van der Waals surface area contributed by atoms with Crippen molar-refractivity contribution in [3.05, 3.63) is 59.3 Å². The van der Waals surface area contributed by atoms with Gasteiger partial charge in [0.15, 0.2) is 0 Å².